The predicted octanol–water partition coefficient (Wildman–Crippen LogP) is 3.38. The zero-order valence-corrected chi connectivity index (χ0v) is 18.8. The summed E-state index contributed by atoms with van der Waals surface area (Å²) in [6.07, 6.45) is 0.505. The summed E-state index contributed by atoms with van der Waals surface area (Å²) in [6.45, 7) is 6.43. The van der Waals surface area contributed by atoms with Crippen molar-refractivity contribution in [2.24, 2.45) is 0 Å². The normalized spacial score (nSPS) is 14.6. The second-order valence-corrected chi connectivity index (χ2v) is 8.17. The zero-order valence-electron chi connectivity index (χ0n) is 18.8. The molecule has 0 radical (unpaired) electrons. The number of benzene rings is 2. The zero-order chi connectivity index (χ0) is 22.8. The molecule has 0 bridgehead atoms. The van der Waals surface area contributed by atoms with Gasteiger partial charge in [-0.3, -0.25) is 9.48 Å². The van der Waals surface area contributed by atoms with Gasteiger partial charge in [-0.1, -0.05) is 24.3 Å². The van der Waals surface area contributed by atoms with E-state index >= 15 is 0 Å². The molecule has 166 valence electrons. The lowest BCUT2D eigenvalue weighted by Crippen LogP contribution is -2.36. The first-order chi connectivity index (χ1) is 15.4. The van der Waals surface area contributed by atoms with Gasteiger partial charge in [-0.25, -0.2) is 4.79 Å². The van der Waals surface area contributed by atoms with Crippen molar-refractivity contribution in [2.75, 3.05) is 13.7 Å². The van der Waals surface area contributed by atoms with Crippen LogP contribution in [0.3, 0.4) is 0 Å². The Kier molecular flexibility index (Phi) is 5.99. The van der Waals surface area contributed by atoms with Gasteiger partial charge < -0.3 is 14.8 Å². The van der Waals surface area contributed by atoms with E-state index in [1.807, 2.05) is 51.1 Å². The molecule has 1 amide bonds. The molecule has 2 heterocycles. The van der Waals surface area contributed by atoms with Crippen LogP contribution in [0.4, 0.5) is 0 Å². The molecule has 1 atom stereocenters. The largest absolute Gasteiger partial charge is 0.487 e. The number of hydrogen-bond donors (Lipinski definition) is 1. The second kappa shape index (κ2) is 8.86. The average Bonchev–Trinajstić information content (AvgIpc) is 3.32. The summed E-state index contributed by atoms with van der Waals surface area (Å²) in [5.74, 6) is 0.259. The summed E-state index contributed by atoms with van der Waals surface area (Å²) in [7, 11) is 1.38. The number of nitrogens with zero attached hydrogens (tertiary/aromatic N) is 2. The molecule has 0 saturated carbocycles. The Balaban J connectivity index is 1.50. The number of aromatic nitrogens is 2. The molecule has 0 fully saturated rings. The van der Waals surface area contributed by atoms with Gasteiger partial charge in [0.1, 0.15) is 18.4 Å². The van der Waals surface area contributed by atoms with Gasteiger partial charge in [-0.15, -0.1) is 0 Å². The first kappa shape index (κ1) is 21.6. The fourth-order valence-electron chi connectivity index (χ4n) is 4.17. The minimum Gasteiger partial charge on any atom is -0.487 e. The predicted molar refractivity (Wildman–Crippen MR) is 121 cm³/mol. The summed E-state index contributed by atoms with van der Waals surface area (Å²) in [4.78, 5) is 24.7. The standard InChI is InChI=1S/C25H27N3O4/c1-15-9-18-12-19(13-26-23(29)14-28-17(3)11-16(2)27-28)32-24(18)22(10-15)20-7-5-6-8-21(20)25(30)31-4/h5-11,19H,12-14H2,1-4H3,(H,26,29). The van der Waals surface area contributed by atoms with Crippen LogP contribution in [0.2, 0.25) is 0 Å². The number of carbonyl (C=O) groups excluding carboxylic acids is 2. The van der Waals surface area contributed by atoms with E-state index in [2.05, 4.69) is 16.5 Å². The SMILES string of the molecule is COC(=O)c1ccccc1-c1cc(C)cc2c1OC(CNC(=O)Cn1nc(C)cc1C)C2. The Bertz CT molecular complexity index is 1180. The van der Waals surface area contributed by atoms with E-state index in [9.17, 15) is 9.59 Å². The number of rotatable bonds is 6. The Labute approximate surface area is 187 Å². The number of amides is 1. The number of esters is 1. The van der Waals surface area contributed by atoms with Crippen molar-refractivity contribution in [3.63, 3.8) is 0 Å². The Morgan fingerprint density at radius 3 is 2.66 bits per heavy atom. The van der Waals surface area contributed by atoms with E-state index in [-0.39, 0.29) is 24.5 Å². The summed E-state index contributed by atoms with van der Waals surface area (Å²) in [6, 6.07) is 13.4. The number of methoxy groups -OCH3 is 1. The molecular weight excluding hydrogens is 406 g/mol. The molecule has 1 N–H and O–H groups in total. The molecule has 7 nitrogen and oxygen atoms in total. The maximum Gasteiger partial charge on any atom is 0.338 e. The third-order valence-corrected chi connectivity index (χ3v) is 5.59. The van der Waals surface area contributed by atoms with Gasteiger partial charge in [0.25, 0.3) is 0 Å². The number of aryl methyl sites for hydroxylation is 3. The summed E-state index contributed by atoms with van der Waals surface area (Å²) < 4.78 is 12.9. The fourth-order valence-corrected chi connectivity index (χ4v) is 4.17. The van der Waals surface area contributed by atoms with Crippen LogP contribution in [0.15, 0.2) is 42.5 Å². The molecule has 3 aromatic rings. The van der Waals surface area contributed by atoms with Gasteiger partial charge in [-0.2, -0.15) is 5.10 Å². The molecule has 0 saturated heterocycles. The quantitative estimate of drug-likeness (QED) is 0.603. The molecule has 1 aliphatic heterocycles. The Morgan fingerprint density at radius 1 is 1.16 bits per heavy atom. The van der Waals surface area contributed by atoms with Crippen molar-refractivity contribution in [1.29, 1.82) is 0 Å². The molecule has 0 aliphatic carbocycles. The summed E-state index contributed by atoms with van der Waals surface area (Å²) in [5, 5.41) is 7.29. The third kappa shape index (κ3) is 4.37. The highest BCUT2D eigenvalue weighted by Crippen LogP contribution is 2.41. The van der Waals surface area contributed by atoms with Crippen molar-refractivity contribution in [3.05, 3.63) is 70.5 Å². The molecule has 32 heavy (non-hydrogen) atoms. The van der Waals surface area contributed by atoms with Gasteiger partial charge >= 0.3 is 5.97 Å². The van der Waals surface area contributed by atoms with Crippen LogP contribution in [0.5, 0.6) is 5.75 Å². The number of nitrogens with one attached hydrogen (secondary N) is 1. The van der Waals surface area contributed by atoms with Crippen LogP contribution in [-0.4, -0.2) is 41.4 Å². The molecule has 0 spiro atoms. The van der Waals surface area contributed by atoms with E-state index in [1.165, 1.54) is 7.11 Å². The highest BCUT2D eigenvalue weighted by Gasteiger charge is 2.28. The minimum absolute atomic E-state index is 0.108. The second-order valence-electron chi connectivity index (χ2n) is 8.17. The third-order valence-electron chi connectivity index (χ3n) is 5.59. The Morgan fingerprint density at radius 2 is 1.94 bits per heavy atom. The highest BCUT2D eigenvalue weighted by atomic mass is 16.5. The van der Waals surface area contributed by atoms with E-state index in [0.29, 0.717) is 18.5 Å². The number of fused-ring (bicyclic) bond motifs is 1. The molecule has 1 unspecified atom stereocenters. The topological polar surface area (TPSA) is 82.5 Å². The van der Waals surface area contributed by atoms with Crippen LogP contribution in [0.1, 0.15) is 32.9 Å². The van der Waals surface area contributed by atoms with Gasteiger partial charge in [0.2, 0.25) is 5.91 Å². The minimum atomic E-state index is -0.387. The van der Waals surface area contributed by atoms with E-state index in [4.69, 9.17) is 9.47 Å². The fraction of sp³-hybridized carbons (Fsp3) is 0.320. The van der Waals surface area contributed by atoms with Crippen LogP contribution in [-0.2, 0) is 22.5 Å². The van der Waals surface area contributed by atoms with Crippen LogP contribution in [0, 0.1) is 20.8 Å². The van der Waals surface area contributed by atoms with Gasteiger partial charge in [-0.05, 0) is 55.7 Å². The lowest BCUT2D eigenvalue weighted by atomic mass is 9.94. The number of hydrogen-bond acceptors (Lipinski definition) is 5. The van der Waals surface area contributed by atoms with E-state index < -0.39 is 0 Å². The first-order valence-electron chi connectivity index (χ1n) is 10.6. The number of carbonyl (C=O) groups is 2. The lowest BCUT2D eigenvalue weighted by Gasteiger charge is -2.15. The average molecular weight is 434 g/mol. The smallest absolute Gasteiger partial charge is 0.338 e. The van der Waals surface area contributed by atoms with Crippen molar-refractivity contribution < 1.29 is 19.1 Å². The van der Waals surface area contributed by atoms with Crippen LogP contribution < -0.4 is 10.1 Å². The molecule has 1 aliphatic rings. The van der Waals surface area contributed by atoms with Gasteiger partial charge in [0, 0.05) is 17.7 Å². The van der Waals surface area contributed by atoms with E-state index in [0.717, 1.165) is 39.4 Å². The lowest BCUT2D eigenvalue weighted by molar-refractivity contribution is -0.122. The molecule has 7 heteroatoms. The summed E-state index contributed by atoms with van der Waals surface area (Å²) in [5.41, 5.74) is 6.11. The van der Waals surface area contributed by atoms with Crippen LogP contribution >= 0.6 is 0 Å². The highest BCUT2D eigenvalue weighted by molar-refractivity contribution is 5.98. The van der Waals surface area contributed by atoms with E-state index in [1.54, 1.807) is 10.7 Å². The van der Waals surface area contributed by atoms with Gasteiger partial charge in [0.05, 0.1) is 24.9 Å². The van der Waals surface area contributed by atoms with Crippen molar-refractivity contribution in [3.8, 4) is 16.9 Å². The van der Waals surface area contributed by atoms with Crippen molar-refractivity contribution in [1.82, 2.24) is 15.1 Å². The molecule has 1 aromatic heterocycles. The maximum atomic E-state index is 12.4. The van der Waals surface area contributed by atoms with Crippen molar-refractivity contribution in [2.45, 2.75) is 39.8 Å². The van der Waals surface area contributed by atoms with Gasteiger partial charge in [0.15, 0.2) is 0 Å². The Hall–Kier alpha value is -3.61. The van der Waals surface area contributed by atoms with Crippen molar-refractivity contribution >= 4 is 11.9 Å². The molecule has 4 rings (SSSR count). The summed E-state index contributed by atoms with van der Waals surface area (Å²) >= 11 is 0. The monoisotopic (exact) mass is 433 g/mol. The first-order valence-corrected chi connectivity index (χ1v) is 10.6. The van der Waals surface area contributed by atoms with Crippen LogP contribution in [0.25, 0.3) is 11.1 Å². The maximum absolute atomic E-state index is 12.4. The molecule has 2 aromatic carbocycles. The number of ether oxygens (including phenoxy) is 2. The molecular formula is C25H27N3O4.